The molecule has 2 heterocycles. The summed E-state index contributed by atoms with van der Waals surface area (Å²) in [6.45, 7) is 0.627. The van der Waals surface area contributed by atoms with E-state index in [1.165, 1.54) is 11.1 Å². The summed E-state index contributed by atoms with van der Waals surface area (Å²) in [5.74, 6) is -0.456. The van der Waals surface area contributed by atoms with E-state index in [2.05, 4.69) is 17.1 Å². The molecule has 0 spiro atoms. The lowest BCUT2D eigenvalue weighted by molar-refractivity contribution is -0.115. The zero-order chi connectivity index (χ0) is 14.7. The number of primary amides is 1. The zero-order valence-corrected chi connectivity index (χ0v) is 11.4. The third-order valence-electron chi connectivity index (χ3n) is 3.38. The second-order valence-electron chi connectivity index (χ2n) is 4.82. The number of rotatable bonds is 3. The number of hydrogen-bond donors (Lipinski definition) is 1. The van der Waals surface area contributed by atoms with Crippen LogP contribution in [0, 0.1) is 0 Å². The minimum Gasteiger partial charge on any atom is -0.364 e. The fraction of sp³-hybridized carbons (Fsp3) is 0.0588. The first-order valence-corrected chi connectivity index (χ1v) is 6.68. The molecule has 0 radical (unpaired) electrons. The van der Waals surface area contributed by atoms with Gasteiger partial charge in [-0.2, -0.15) is 0 Å². The number of nitrogens with two attached hydrogens (primary N) is 1. The van der Waals surface area contributed by atoms with Gasteiger partial charge in [-0.15, -0.1) is 0 Å². The topological polar surface area (TPSA) is 59.2 Å². The normalized spacial score (nSPS) is 13.9. The molecule has 0 unspecified atom stereocenters. The van der Waals surface area contributed by atoms with Crippen molar-refractivity contribution >= 4 is 18.1 Å². The van der Waals surface area contributed by atoms with Gasteiger partial charge in [0.25, 0.3) is 5.91 Å². The molecule has 2 aromatic rings. The average Bonchev–Trinajstić information content (AvgIpc) is 2.53. The smallest absolute Gasteiger partial charge is 0.265 e. The van der Waals surface area contributed by atoms with Crippen LogP contribution in [-0.2, 0) is 11.3 Å². The summed E-state index contributed by atoms with van der Waals surface area (Å²) in [5.41, 5.74) is 9.16. The highest BCUT2D eigenvalue weighted by Crippen LogP contribution is 2.23. The number of fused-ring (bicyclic) bond motifs is 1. The molecule has 4 heteroatoms. The van der Waals surface area contributed by atoms with Crippen molar-refractivity contribution in [3.05, 3.63) is 77.4 Å². The van der Waals surface area contributed by atoms with Gasteiger partial charge < -0.3 is 10.6 Å². The molecule has 2 N–H and O–H groups in total. The molecule has 21 heavy (non-hydrogen) atoms. The summed E-state index contributed by atoms with van der Waals surface area (Å²) in [5, 5.41) is 0. The van der Waals surface area contributed by atoms with Crippen LogP contribution in [-0.4, -0.2) is 15.8 Å². The van der Waals surface area contributed by atoms with E-state index in [1.54, 1.807) is 18.5 Å². The Kier molecular flexibility index (Phi) is 3.51. The van der Waals surface area contributed by atoms with Gasteiger partial charge in [0.1, 0.15) is 5.70 Å². The molecule has 1 amide bonds. The predicted molar refractivity (Wildman–Crippen MR) is 82.4 cm³/mol. The van der Waals surface area contributed by atoms with Crippen LogP contribution in [0.5, 0.6) is 0 Å². The van der Waals surface area contributed by atoms with Crippen LogP contribution < -0.4 is 5.73 Å². The Hall–Kier alpha value is -2.88. The maximum Gasteiger partial charge on any atom is 0.265 e. The van der Waals surface area contributed by atoms with E-state index in [9.17, 15) is 4.79 Å². The van der Waals surface area contributed by atoms with Crippen molar-refractivity contribution in [3.63, 3.8) is 0 Å². The quantitative estimate of drug-likeness (QED) is 0.876. The summed E-state index contributed by atoms with van der Waals surface area (Å²) in [7, 11) is 0. The lowest BCUT2D eigenvalue weighted by atomic mass is 10.0. The second-order valence-corrected chi connectivity index (χ2v) is 4.82. The van der Waals surface area contributed by atoms with Crippen molar-refractivity contribution in [2.24, 2.45) is 5.73 Å². The molecule has 0 saturated heterocycles. The lowest BCUT2D eigenvalue weighted by Gasteiger charge is -2.26. The van der Waals surface area contributed by atoms with Gasteiger partial charge in [0.15, 0.2) is 0 Å². The summed E-state index contributed by atoms with van der Waals surface area (Å²) in [6.07, 6.45) is 9.02. The van der Waals surface area contributed by atoms with Crippen molar-refractivity contribution in [3.8, 4) is 0 Å². The Morgan fingerprint density at radius 1 is 1.24 bits per heavy atom. The monoisotopic (exact) mass is 277 g/mol. The molecule has 1 aromatic carbocycles. The van der Waals surface area contributed by atoms with Crippen LogP contribution in [0.3, 0.4) is 0 Å². The van der Waals surface area contributed by atoms with Gasteiger partial charge >= 0.3 is 0 Å². The number of benzene rings is 1. The van der Waals surface area contributed by atoms with Crippen LogP contribution in [0.15, 0.2) is 60.7 Å². The van der Waals surface area contributed by atoms with Crippen molar-refractivity contribution in [2.45, 2.75) is 6.54 Å². The molecule has 3 rings (SSSR count). The highest BCUT2D eigenvalue weighted by atomic mass is 16.1. The molecule has 1 aliphatic heterocycles. The lowest BCUT2D eigenvalue weighted by Crippen LogP contribution is -2.28. The Bertz CT molecular complexity index is 720. The number of pyridine rings is 1. The number of aromatic nitrogens is 1. The van der Waals surface area contributed by atoms with Gasteiger partial charge in [0.05, 0.1) is 0 Å². The summed E-state index contributed by atoms with van der Waals surface area (Å²) >= 11 is 0. The first kappa shape index (κ1) is 13.1. The highest BCUT2D eigenvalue weighted by Gasteiger charge is 2.17. The Morgan fingerprint density at radius 3 is 2.86 bits per heavy atom. The van der Waals surface area contributed by atoms with E-state index in [4.69, 9.17) is 5.73 Å². The van der Waals surface area contributed by atoms with Gasteiger partial charge in [-0.05, 0) is 34.9 Å². The Balaban J connectivity index is 1.94. The molecule has 0 fully saturated rings. The number of carbonyl (C=O) groups excluding carboxylic acids is 1. The van der Waals surface area contributed by atoms with Crippen molar-refractivity contribution in [1.82, 2.24) is 9.88 Å². The van der Waals surface area contributed by atoms with E-state index in [1.807, 2.05) is 41.4 Å². The van der Waals surface area contributed by atoms with Gasteiger partial charge in [0.2, 0.25) is 0 Å². The maximum atomic E-state index is 11.8. The number of nitrogens with zero attached hydrogens (tertiary/aromatic N) is 2. The van der Waals surface area contributed by atoms with Gasteiger partial charge in [-0.3, -0.25) is 9.78 Å². The predicted octanol–water partition coefficient (Wildman–Crippen LogP) is 2.39. The fourth-order valence-corrected chi connectivity index (χ4v) is 2.33. The highest BCUT2D eigenvalue weighted by molar-refractivity contribution is 5.96. The van der Waals surface area contributed by atoms with E-state index in [0.29, 0.717) is 12.2 Å². The molecule has 104 valence electrons. The maximum absolute atomic E-state index is 11.8. The molecule has 1 aliphatic rings. The summed E-state index contributed by atoms with van der Waals surface area (Å²) in [6, 6.07) is 11.8. The van der Waals surface area contributed by atoms with E-state index in [0.717, 1.165) is 5.56 Å². The zero-order valence-electron chi connectivity index (χ0n) is 11.4. The van der Waals surface area contributed by atoms with Gasteiger partial charge in [-0.1, -0.05) is 30.3 Å². The fourth-order valence-electron chi connectivity index (χ4n) is 2.33. The van der Waals surface area contributed by atoms with Crippen LogP contribution >= 0.6 is 0 Å². The standard InChI is InChI=1S/C17H15N3O/c18-17(21)16(10-13-4-3-8-19-11-13)20-9-7-14-5-1-2-6-15(14)12-20/h1-11H,12H2,(H2,18,21). The molecule has 1 aromatic heterocycles. The van der Waals surface area contributed by atoms with E-state index in [-0.39, 0.29) is 0 Å². The minimum absolute atomic E-state index is 0.453. The third-order valence-corrected chi connectivity index (χ3v) is 3.38. The van der Waals surface area contributed by atoms with E-state index < -0.39 is 5.91 Å². The molecule has 0 aliphatic carbocycles. The van der Waals surface area contributed by atoms with Gasteiger partial charge in [0, 0.05) is 25.1 Å². The molecular formula is C17H15N3O. The van der Waals surface area contributed by atoms with Gasteiger partial charge in [-0.25, -0.2) is 0 Å². The number of amides is 1. The largest absolute Gasteiger partial charge is 0.364 e. The molecule has 0 atom stereocenters. The molecule has 0 saturated carbocycles. The number of hydrogen-bond acceptors (Lipinski definition) is 3. The van der Waals surface area contributed by atoms with Crippen molar-refractivity contribution in [1.29, 1.82) is 0 Å². The SMILES string of the molecule is NC(=O)C(=Cc1cccnc1)N1C=Cc2ccccc2C1. The van der Waals surface area contributed by atoms with Crippen LogP contribution in [0.1, 0.15) is 16.7 Å². The number of carbonyl (C=O) groups is 1. The van der Waals surface area contributed by atoms with Crippen LogP contribution in [0.4, 0.5) is 0 Å². The van der Waals surface area contributed by atoms with E-state index >= 15 is 0 Å². The molecule has 0 bridgehead atoms. The summed E-state index contributed by atoms with van der Waals surface area (Å²) < 4.78 is 0. The van der Waals surface area contributed by atoms with Crippen LogP contribution in [0.2, 0.25) is 0 Å². The first-order chi connectivity index (χ1) is 10.2. The first-order valence-electron chi connectivity index (χ1n) is 6.68. The minimum atomic E-state index is -0.456. The second kappa shape index (κ2) is 5.63. The summed E-state index contributed by atoms with van der Waals surface area (Å²) in [4.78, 5) is 17.7. The third kappa shape index (κ3) is 2.84. The molecular weight excluding hydrogens is 262 g/mol. The van der Waals surface area contributed by atoms with Crippen molar-refractivity contribution in [2.75, 3.05) is 0 Å². The van der Waals surface area contributed by atoms with Crippen molar-refractivity contribution < 1.29 is 4.79 Å². The average molecular weight is 277 g/mol. The Morgan fingerprint density at radius 2 is 2.10 bits per heavy atom. The molecule has 4 nitrogen and oxygen atoms in total. The van der Waals surface area contributed by atoms with Crippen LogP contribution in [0.25, 0.3) is 12.2 Å². The Labute approximate surface area is 123 Å².